The number of nitrogens with two attached hydrogens (primary N) is 1. The highest BCUT2D eigenvalue weighted by Gasteiger charge is 2.26. The average Bonchev–Trinajstić information content (AvgIpc) is 3.18. The Kier molecular flexibility index (Phi) is 7.76. The third kappa shape index (κ3) is 5.29. The summed E-state index contributed by atoms with van der Waals surface area (Å²) in [6.07, 6.45) is 7.55. The number of hydrazine groups is 1. The van der Waals surface area contributed by atoms with Crippen molar-refractivity contribution in [1.29, 1.82) is 0 Å². The largest absolute Gasteiger partial charge is 0.489 e. The maximum Gasteiger partial charge on any atom is 0.286 e. The van der Waals surface area contributed by atoms with Crippen molar-refractivity contribution in [1.82, 2.24) is 14.4 Å². The molecule has 1 aliphatic carbocycles. The first kappa shape index (κ1) is 22.5. The molecule has 3 N–H and O–H groups in total. The van der Waals surface area contributed by atoms with Gasteiger partial charge in [-0.25, -0.2) is 10.8 Å². The number of nitroso groups, excluding NO2 is 1. The molecule has 1 unspecified atom stereocenters. The lowest BCUT2D eigenvalue weighted by Crippen LogP contribution is -2.43. The lowest BCUT2D eigenvalue weighted by Gasteiger charge is -2.21. The molecule has 2 aromatic heterocycles. The fourth-order valence-electron chi connectivity index (χ4n) is 3.77. The van der Waals surface area contributed by atoms with E-state index in [-0.39, 0.29) is 24.5 Å². The van der Waals surface area contributed by atoms with Gasteiger partial charge in [-0.05, 0) is 36.4 Å². The van der Waals surface area contributed by atoms with Crippen LogP contribution in [0.15, 0.2) is 28.6 Å². The summed E-state index contributed by atoms with van der Waals surface area (Å²) in [4.78, 5) is 31.0. The zero-order chi connectivity index (χ0) is 22.2. The molecule has 0 aliphatic heterocycles. The Labute approximate surface area is 178 Å². The van der Waals surface area contributed by atoms with Gasteiger partial charge in [0.25, 0.3) is 5.91 Å². The van der Waals surface area contributed by atoms with Gasteiger partial charge in [0.1, 0.15) is 11.7 Å². The van der Waals surface area contributed by atoms with Crippen LogP contribution in [0.3, 0.4) is 0 Å². The summed E-state index contributed by atoms with van der Waals surface area (Å²) in [5.74, 6) is 6.19. The van der Waals surface area contributed by atoms with Gasteiger partial charge in [0.05, 0.1) is 32.0 Å². The first-order valence-electron chi connectivity index (χ1n) is 10.2. The number of aliphatic hydroxyl groups excluding tert-OH is 1. The van der Waals surface area contributed by atoms with Crippen molar-refractivity contribution in [2.24, 2.45) is 22.1 Å². The van der Waals surface area contributed by atoms with E-state index in [1.807, 2.05) is 0 Å². The molecule has 12 heteroatoms. The molecule has 1 aliphatic rings. The average molecular weight is 430 g/mol. The first-order valence-corrected chi connectivity index (χ1v) is 10.2. The summed E-state index contributed by atoms with van der Waals surface area (Å²) in [6, 6.07) is 2.45. The molecule has 0 bridgehead atoms. The predicted octanol–water partition coefficient (Wildman–Crippen LogP) is 2.55. The smallest absolute Gasteiger partial charge is 0.286 e. The van der Waals surface area contributed by atoms with Crippen LogP contribution in [0.2, 0.25) is 0 Å². The number of nitrogens with zero attached hydrogens (tertiary/aromatic N) is 7. The van der Waals surface area contributed by atoms with Gasteiger partial charge in [-0.15, -0.1) is 0 Å². The highest BCUT2D eigenvalue weighted by molar-refractivity contribution is 5.94. The van der Waals surface area contributed by atoms with Crippen molar-refractivity contribution in [2.75, 3.05) is 19.8 Å². The maximum atomic E-state index is 13.0. The van der Waals surface area contributed by atoms with E-state index >= 15 is 0 Å². The van der Waals surface area contributed by atoms with E-state index in [4.69, 9.17) is 21.2 Å². The second-order valence-corrected chi connectivity index (χ2v) is 7.58. The fourth-order valence-corrected chi connectivity index (χ4v) is 3.77. The first-order chi connectivity index (χ1) is 15.1. The van der Waals surface area contributed by atoms with Crippen LogP contribution in [-0.4, -0.2) is 51.2 Å². The van der Waals surface area contributed by atoms with Crippen molar-refractivity contribution >= 4 is 11.6 Å². The number of azide groups is 1. The molecular weight excluding hydrogens is 404 g/mol. The van der Waals surface area contributed by atoms with Crippen LogP contribution in [-0.2, 0) is 6.54 Å². The number of hydrogen-bond donors (Lipinski definition) is 2. The zero-order valence-corrected chi connectivity index (χ0v) is 17.1. The number of fused-ring (bicyclic) bond motifs is 1. The SMILES string of the molecule is [N-]=[N+]=NCc1nc2c(OCC3CCCCC3)cccn2c1C(=O)N(N)CC(CO)N=O. The van der Waals surface area contributed by atoms with Gasteiger partial charge in [0.2, 0.25) is 0 Å². The van der Waals surface area contributed by atoms with Crippen molar-refractivity contribution in [3.63, 3.8) is 0 Å². The van der Waals surface area contributed by atoms with E-state index in [9.17, 15) is 9.70 Å². The Morgan fingerprint density at radius 2 is 2.23 bits per heavy atom. The number of imidazole rings is 1. The molecule has 12 nitrogen and oxygen atoms in total. The summed E-state index contributed by atoms with van der Waals surface area (Å²) >= 11 is 0. The molecule has 0 aromatic carbocycles. The van der Waals surface area contributed by atoms with Crippen LogP contribution in [0.4, 0.5) is 0 Å². The number of pyridine rings is 1. The van der Waals surface area contributed by atoms with E-state index < -0.39 is 18.6 Å². The summed E-state index contributed by atoms with van der Waals surface area (Å²) in [6.45, 7) is -0.411. The summed E-state index contributed by atoms with van der Waals surface area (Å²) in [5, 5.41) is 16.2. The van der Waals surface area contributed by atoms with E-state index in [1.165, 1.54) is 23.7 Å². The number of aliphatic hydroxyl groups is 1. The van der Waals surface area contributed by atoms with Crippen LogP contribution in [0.5, 0.6) is 5.75 Å². The molecule has 0 spiro atoms. The number of rotatable bonds is 10. The standard InChI is InChI=1S/C19H26N8O4/c20-25-22-9-15-17(19(29)27(21)10-14(11-28)24-30)26-8-4-7-16(18(26)23-15)31-12-13-5-2-1-3-6-13/h4,7-8,13-14,28H,1-3,5-6,9-12,21H2. The topological polar surface area (TPSA) is 171 Å². The number of amides is 1. The molecule has 2 heterocycles. The highest BCUT2D eigenvalue weighted by Crippen LogP contribution is 2.27. The van der Waals surface area contributed by atoms with E-state index in [0.717, 1.165) is 17.9 Å². The highest BCUT2D eigenvalue weighted by atomic mass is 16.5. The van der Waals surface area contributed by atoms with Gasteiger partial charge in [0, 0.05) is 11.1 Å². The molecule has 3 rings (SSSR count). The minimum atomic E-state index is -1.05. The molecule has 166 valence electrons. The summed E-state index contributed by atoms with van der Waals surface area (Å²) in [5.41, 5.74) is 9.44. The minimum absolute atomic E-state index is 0.0932. The Morgan fingerprint density at radius 1 is 1.45 bits per heavy atom. The lowest BCUT2D eigenvalue weighted by atomic mass is 9.90. The van der Waals surface area contributed by atoms with E-state index in [0.29, 0.717) is 23.9 Å². The lowest BCUT2D eigenvalue weighted by molar-refractivity contribution is 0.0724. The molecule has 0 radical (unpaired) electrons. The van der Waals surface area contributed by atoms with Gasteiger partial charge in [0.15, 0.2) is 11.4 Å². The molecule has 31 heavy (non-hydrogen) atoms. The van der Waals surface area contributed by atoms with Gasteiger partial charge < -0.3 is 9.84 Å². The van der Waals surface area contributed by atoms with Gasteiger partial charge in [-0.2, -0.15) is 4.91 Å². The number of carbonyl (C=O) groups is 1. The minimum Gasteiger partial charge on any atom is -0.489 e. The van der Waals surface area contributed by atoms with Crippen molar-refractivity contribution < 1.29 is 14.6 Å². The number of ether oxygens (including phenoxy) is 1. The van der Waals surface area contributed by atoms with Crippen molar-refractivity contribution in [3.05, 3.63) is 45.1 Å². The molecule has 1 fully saturated rings. The third-order valence-electron chi connectivity index (χ3n) is 5.40. The molecular formula is C19H26N8O4. The normalized spacial score (nSPS) is 15.3. The Bertz CT molecular complexity index is 965. The monoisotopic (exact) mass is 430 g/mol. The van der Waals surface area contributed by atoms with Gasteiger partial charge in [-0.3, -0.25) is 14.2 Å². The Balaban J connectivity index is 1.92. The van der Waals surface area contributed by atoms with Crippen LogP contribution in [0.25, 0.3) is 16.1 Å². The van der Waals surface area contributed by atoms with Crippen molar-refractivity contribution in [3.8, 4) is 5.75 Å². The van der Waals surface area contributed by atoms with Gasteiger partial charge in [-0.1, -0.05) is 29.6 Å². The van der Waals surface area contributed by atoms with Crippen LogP contribution >= 0.6 is 0 Å². The summed E-state index contributed by atoms with van der Waals surface area (Å²) < 4.78 is 7.57. The fraction of sp³-hybridized carbons (Fsp3) is 0.579. The third-order valence-corrected chi connectivity index (χ3v) is 5.40. The Hall–Kier alpha value is -3.21. The zero-order valence-electron chi connectivity index (χ0n) is 17.1. The van der Waals surface area contributed by atoms with Crippen LogP contribution in [0.1, 0.15) is 48.3 Å². The van der Waals surface area contributed by atoms with Crippen molar-refractivity contribution in [2.45, 2.75) is 44.7 Å². The van der Waals surface area contributed by atoms with E-state index in [1.54, 1.807) is 18.3 Å². The molecule has 1 saturated carbocycles. The van der Waals surface area contributed by atoms with E-state index in [2.05, 4.69) is 20.2 Å². The second kappa shape index (κ2) is 10.7. The Morgan fingerprint density at radius 3 is 2.90 bits per heavy atom. The quantitative estimate of drug-likeness (QED) is 0.111. The number of hydrogen-bond acceptors (Lipinski definition) is 8. The molecule has 2 aromatic rings. The van der Waals surface area contributed by atoms with Gasteiger partial charge >= 0.3 is 0 Å². The van der Waals surface area contributed by atoms with Crippen LogP contribution < -0.4 is 10.6 Å². The number of carbonyl (C=O) groups excluding carboxylic acids is 1. The van der Waals surface area contributed by atoms with Crippen LogP contribution in [0, 0.1) is 10.8 Å². The second-order valence-electron chi connectivity index (χ2n) is 7.58. The predicted molar refractivity (Wildman–Crippen MR) is 112 cm³/mol. The maximum absolute atomic E-state index is 13.0. The molecule has 0 saturated heterocycles. The molecule has 1 atom stereocenters. The molecule has 1 amide bonds. The summed E-state index contributed by atoms with van der Waals surface area (Å²) in [7, 11) is 0. The number of aromatic nitrogens is 2.